The molecule has 7 aromatic rings. The average molecular weight is 429 g/mol. The molecule has 0 radical (unpaired) electrons. The zero-order chi connectivity index (χ0) is 21.9. The molecule has 0 amide bonds. The molecule has 7 rings (SSSR count). The van der Waals surface area contributed by atoms with E-state index in [-0.39, 0.29) is 5.82 Å². The van der Waals surface area contributed by atoms with Gasteiger partial charge in [-0.3, -0.25) is 9.55 Å². The smallest absolute Gasteiger partial charge is 0.164 e. The Morgan fingerprint density at radius 2 is 1.61 bits per heavy atom. The predicted molar refractivity (Wildman–Crippen MR) is 129 cm³/mol. The van der Waals surface area contributed by atoms with E-state index in [1.165, 1.54) is 6.07 Å². The van der Waals surface area contributed by atoms with E-state index in [2.05, 4.69) is 45.9 Å². The van der Waals surface area contributed by atoms with Gasteiger partial charge in [0.1, 0.15) is 22.7 Å². The summed E-state index contributed by atoms with van der Waals surface area (Å²) in [6.07, 6.45) is 1.69. The van der Waals surface area contributed by atoms with Crippen LogP contribution in [-0.2, 0) is 0 Å². The number of aromatic nitrogens is 3. The fraction of sp³-hybridized carbons (Fsp3) is 0. The molecule has 3 aromatic heterocycles. The lowest BCUT2D eigenvalue weighted by molar-refractivity contribution is 0.634. The molecule has 0 spiro atoms. The van der Waals surface area contributed by atoms with Crippen molar-refractivity contribution < 1.29 is 8.81 Å². The maximum Gasteiger partial charge on any atom is 0.164 e. The molecule has 4 nitrogen and oxygen atoms in total. The first-order valence-electron chi connectivity index (χ1n) is 10.7. The number of hydrogen-bond donors (Lipinski definition) is 0. The first-order valence-corrected chi connectivity index (χ1v) is 10.7. The molecule has 0 aliphatic carbocycles. The highest BCUT2D eigenvalue weighted by molar-refractivity contribution is 6.07. The molecule has 156 valence electrons. The van der Waals surface area contributed by atoms with Crippen LogP contribution in [0.25, 0.3) is 61.0 Å². The van der Waals surface area contributed by atoms with Gasteiger partial charge in [-0.1, -0.05) is 54.6 Å². The minimum absolute atomic E-state index is 0.349. The number of imidazole rings is 1. The predicted octanol–water partition coefficient (Wildman–Crippen LogP) is 7.28. The molecule has 0 bridgehead atoms. The Bertz CT molecular complexity index is 1840. The van der Waals surface area contributed by atoms with Crippen LogP contribution in [0.4, 0.5) is 4.39 Å². The Hall–Kier alpha value is -4.51. The highest BCUT2D eigenvalue weighted by Crippen LogP contribution is 2.38. The summed E-state index contributed by atoms with van der Waals surface area (Å²) >= 11 is 0. The summed E-state index contributed by atoms with van der Waals surface area (Å²) in [5.41, 5.74) is 5.12. The summed E-state index contributed by atoms with van der Waals surface area (Å²) in [5, 5.41) is 2.65. The molecule has 0 saturated carbocycles. The molecule has 4 aromatic carbocycles. The van der Waals surface area contributed by atoms with E-state index < -0.39 is 0 Å². The monoisotopic (exact) mass is 429 g/mol. The SMILES string of the molecule is Fc1cccc2oc3c(-c4nc5ccccc5n4-c4cccc5ccccc45)ccnc3c12. The highest BCUT2D eigenvalue weighted by atomic mass is 19.1. The summed E-state index contributed by atoms with van der Waals surface area (Å²) in [6.45, 7) is 0. The molecule has 0 fully saturated rings. The van der Waals surface area contributed by atoms with Crippen LogP contribution in [0.3, 0.4) is 0 Å². The number of para-hydroxylation sites is 2. The van der Waals surface area contributed by atoms with Gasteiger partial charge in [0, 0.05) is 11.6 Å². The second-order valence-corrected chi connectivity index (χ2v) is 8.01. The van der Waals surface area contributed by atoms with Gasteiger partial charge in [0.25, 0.3) is 0 Å². The van der Waals surface area contributed by atoms with Gasteiger partial charge in [0.2, 0.25) is 0 Å². The molecular weight excluding hydrogens is 413 g/mol. The van der Waals surface area contributed by atoms with Crippen molar-refractivity contribution in [2.24, 2.45) is 0 Å². The van der Waals surface area contributed by atoms with Crippen LogP contribution >= 0.6 is 0 Å². The number of hydrogen-bond acceptors (Lipinski definition) is 3. The van der Waals surface area contributed by atoms with Crippen molar-refractivity contribution in [3.05, 3.63) is 103 Å². The number of furan rings is 1. The zero-order valence-corrected chi connectivity index (χ0v) is 17.4. The van der Waals surface area contributed by atoms with Gasteiger partial charge in [-0.2, -0.15) is 0 Å². The van der Waals surface area contributed by atoms with E-state index in [1.807, 2.05) is 36.4 Å². The van der Waals surface area contributed by atoms with Crippen molar-refractivity contribution in [3.63, 3.8) is 0 Å². The van der Waals surface area contributed by atoms with Crippen LogP contribution in [0.1, 0.15) is 0 Å². The lowest BCUT2D eigenvalue weighted by Gasteiger charge is -2.13. The fourth-order valence-electron chi connectivity index (χ4n) is 4.69. The van der Waals surface area contributed by atoms with E-state index in [9.17, 15) is 4.39 Å². The van der Waals surface area contributed by atoms with Gasteiger partial charge >= 0.3 is 0 Å². The third-order valence-corrected chi connectivity index (χ3v) is 6.14. The lowest BCUT2D eigenvalue weighted by Crippen LogP contribution is -1.99. The summed E-state index contributed by atoms with van der Waals surface area (Å²) in [4.78, 5) is 9.44. The zero-order valence-electron chi connectivity index (χ0n) is 17.4. The van der Waals surface area contributed by atoms with Crippen molar-refractivity contribution in [1.29, 1.82) is 0 Å². The van der Waals surface area contributed by atoms with Gasteiger partial charge in [-0.25, -0.2) is 9.37 Å². The van der Waals surface area contributed by atoms with Crippen LogP contribution in [0.15, 0.2) is 102 Å². The molecule has 0 aliphatic heterocycles. The first kappa shape index (κ1) is 18.1. The van der Waals surface area contributed by atoms with Crippen molar-refractivity contribution >= 4 is 43.9 Å². The maximum absolute atomic E-state index is 14.6. The van der Waals surface area contributed by atoms with E-state index in [1.54, 1.807) is 18.3 Å². The number of nitrogens with zero attached hydrogens (tertiary/aromatic N) is 3. The van der Waals surface area contributed by atoms with Crippen LogP contribution in [-0.4, -0.2) is 14.5 Å². The molecular formula is C28H16FN3O. The van der Waals surface area contributed by atoms with Gasteiger partial charge in [-0.15, -0.1) is 0 Å². The van der Waals surface area contributed by atoms with Crippen molar-refractivity contribution in [1.82, 2.24) is 14.5 Å². The maximum atomic E-state index is 14.6. The van der Waals surface area contributed by atoms with Crippen molar-refractivity contribution in [2.75, 3.05) is 0 Å². The van der Waals surface area contributed by atoms with Gasteiger partial charge in [-0.05, 0) is 41.8 Å². The number of halogens is 1. The minimum atomic E-state index is -0.349. The summed E-state index contributed by atoms with van der Waals surface area (Å²) in [5.74, 6) is 0.373. The molecule has 33 heavy (non-hydrogen) atoms. The third kappa shape index (κ3) is 2.56. The second-order valence-electron chi connectivity index (χ2n) is 8.01. The van der Waals surface area contributed by atoms with E-state index in [4.69, 9.17) is 9.40 Å². The third-order valence-electron chi connectivity index (χ3n) is 6.14. The van der Waals surface area contributed by atoms with Crippen LogP contribution in [0.2, 0.25) is 0 Å². The number of pyridine rings is 1. The van der Waals surface area contributed by atoms with Crippen molar-refractivity contribution in [3.8, 4) is 17.1 Å². The fourth-order valence-corrected chi connectivity index (χ4v) is 4.69. The quantitative estimate of drug-likeness (QED) is 0.290. The van der Waals surface area contributed by atoms with Gasteiger partial charge in [0.15, 0.2) is 5.58 Å². The summed E-state index contributed by atoms with van der Waals surface area (Å²) < 4.78 is 22.9. The molecule has 5 heteroatoms. The Kier molecular flexibility index (Phi) is 3.70. The topological polar surface area (TPSA) is 43.9 Å². The Labute approximate surface area is 187 Å². The minimum Gasteiger partial charge on any atom is -0.453 e. The second kappa shape index (κ2) is 6.74. The van der Waals surface area contributed by atoms with E-state index in [0.29, 0.717) is 22.1 Å². The average Bonchev–Trinajstić information content (AvgIpc) is 3.43. The van der Waals surface area contributed by atoms with E-state index in [0.717, 1.165) is 38.9 Å². The molecule has 0 saturated heterocycles. The molecule has 0 unspecified atom stereocenters. The Balaban J connectivity index is 1.63. The van der Waals surface area contributed by atoms with Crippen LogP contribution < -0.4 is 0 Å². The normalized spacial score (nSPS) is 11.8. The standard InChI is InChI=1S/C28H16FN3O/c29-20-10-6-14-24-25(20)26-27(33-24)19(15-16-30-26)28-31-21-11-3-4-12-23(21)32(28)22-13-5-8-17-7-1-2-9-18(17)22/h1-16H. The first-order chi connectivity index (χ1) is 16.3. The number of rotatable bonds is 2. The molecule has 0 N–H and O–H groups in total. The molecule has 0 aliphatic rings. The van der Waals surface area contributed by atoms with Crippen LogP contribution in [0.5, 0.6) is 0 Å². The molecule has 0 atom stereocenters. The largest absolute Gasteiger partial charge is 0.453 e. The van der Waals surface area contributed by atoms with Crippen LogP contribution in [0, 0.1) is 5.82 Å². The molecule has 3 heterocycles. The highest BCUT2D eigenvalue weighted by Gasteiger charge is 2.22. The number of fused-ring (bicyclic) bond motifs is 5. The Morgan fingerprint density at radius 3 is 2.58 bits per heavy atom. The summed E-state index contributed by atoms with van der Waals surface area (Å²) in [7, 11) is 0. The van der Waals surface area contributed by atoms with Crippen molar-refractivity contribution in [2.45, 2.75) is 0 Å². The van der Waals surface area contributed by atoms with E-state index >= 15 is 0 Å². The van der Waals surface area contributed by atoms with Gasteiger partial charge in [0.05, 0.1) is 27.7 Å². The Morgan fingerprint density at radius 1 is 0.788 bits per heavy atom. The lowest BCUT2D eigenvalue weighted by atomic mass is 10.1. The summed E-state index contributed by atoms with van der Waals surface area (Å²) in [6, 6.07) is 29.3. The van der Waals surface area contributed by atoms with Gasteiger partial charge < -0.3 is 4.42 Å². The number of benzene rings is 4.